The first-order valence-electron chi connectivity index (χ1n) is 12.1. The van der Waals surface area contributed by atoms with Gasteiger partial charge in [-0.25, -0.2) is 0 Å². The van der Waals surface area contributed by atoms with Crippen molar-refractivity contribution in [2.75, 3.05) is 38.6 Å². The highest BCUT2D eigenvalue weighted by Crippen LogP contribution is 2.34. The highest BCUT2D eigenvalue weighted by atomic mass is 16.7. The van der Waals surface area contributed by atoms with Crippen LogP contribution >= 0.6 is 0 Å². The Bertz CT molecular complexity index is 1280. The Balaban J connectivity index is 1.52. The molecule has 1 aromatic heterocycles. The molecule has 37 heavy (non-hydrogen) atoms. The zero-order valence-corrected chi connectivity index (χ0v) is 21.5. The number of fused-ring (bicyclic) bond motifs is 1. The van der Waals surface area contributed by atoms with Gasteiger partial charge >= 0.3 is 5.69 Å². The maximum Gasteiger partial charge on any atom is 0.313 e. The maximum atomic E-state index is 13.3. The van der Waals surface area contributed by atoms with E-state index in [1.54, 1.807) is 19.4 Å². The Hall–Kier alpha value is -3.82. The van der Waals surface area contributed by atoms with Gasteiger partial charge in [0.05, 0.1) is 35.1 Å². The van der Waals surface area contributed by atoms with E-state index in [0.29, 0.717) is 37.4 Å². The third kappa shape index (κ3) is 5.95. The van der Waals surface area contributed by atoms with Crippen LogP contribution in [-0.2, 0) is 21.3 Å². The SMILES string of the molecule is COCCOCOc1ccc(N2CCc3cc(-c4ccc(C(C)(C)C)cc4)ncc3C2=O)cc1[N+](=O)[O-]. The summed E-state index contributed by atoms with van der Waals surface area (Å²) in [5.41, 5.74) is 4.70. The summed E-state index contributed by atoms with van der Waals surface area (Å²) in [4.78, 5) is 30.5. The molecular weight excluding hydrogens is 474 g/mol. The number of carbonyl (C=O) groups excluding carboxylic acids is 1. The molecule has 1 amide bonds. The molecule has 0 aliphatic carbocycles. The number of nitrogens with zero attached hydrogens (tertiary/aromatic N) is 3. The van der Waals surface area contributed by atoms with Gasteiger partial charge in [0, 0.05) is 31.5 Å². The fraction of sp³-hybridized carbons (Fsp3) is 0.357. The molecule has 0 N–H and O–H groups in total. The monoisotopic (exact) mass is 505 g/mol. The molecule has 2 heterocycles. The van der Waals surface area contributed by atoms with E-state index < -0.39 is 4.92 Å². The van der Waals surface area contributed by atoms with Gasteiger partial charge in [-0.2, -0.15) is 0 Å². The van der Waals surface area contributed by atoms with Crippen molar-refractivity contribution in [2.24, 2.45) is 0 Å². The lowest BCUT2D eigenvalue weighted by Gasteiger charge is -2.28. The van der Waals surface area contributed by atoms with Crippen molar-refractivity contribution in [3.63, 3.8) is 0 Å². The van der Waals surface area contributed by atoms with E-state index in [1.807, 2.05) is 6.07 Å². The summed E-state index contributed by atoms with van der Waals surface area (Å²) in [7, 11) is 1.55. The quantitative estimate of drug-likeness (QED) is 0.171. The molecule has 0 saturated carbocycles. The van der Waals surface area contributed by atoms with Gasteiger partial charge in [-0.3, -0.25) is 19.9 Å². The number of hydrogen-bond acceptors (Lipinski definition) is 7. The predicted octanol–water partition coefficient (Wildman–Crippen LogP) is 5.16. The molecule has 194 valence electrons. The van der Waals surface area contributed by atoms with Crippen LogP contribution in [0.25, 0.3) is 11.3 Å². The van der Waals surface area contributed by atoms with Crippen LogP contribution < -0.4 is 9.64 Å². The summed E-state index contributed by atoms with van der Waals surface area (Å²) in [6, 6.07) is 14.8. The predicted molar refractivity (Wildman–Crippen MR) is 140 cm³/mol. The molecule has 0 unspecified atom stereocenters. The molecule has 0 fully saturated rings. The molecule has 4 rings (SSSR count). The minimum atomic E-state index is -0.533. The summed E-state index contributed by atoms with van der Waals surface area (Å²) >= 11 is 0. The van der Waals surface area contributed by atoms with Gasteiger partial charge in [0.15, 0.2) is 12.5 Å². The minimum Gasteiger partial charge on any atom is -0.460 e. The van der Waals surface area contributed by atoms with Gasteiger partial charge in [0.1, 0.15) is 0 Å². The van der Waals surface area contributed by atoms with E-state index in [4.69, 9.17) is 14.2 Å². The first-order chi connectivity index (χ1) is 17.7. The number of pyridine rings is 1. The lowest BCUT2D eigenvalue weighted by atomic mass is 9.86. The Morgan fingerprint density at radius 1 is 1.08 bits per heavy atom. The van der Waals surface area contributed by atoms with Crippen molar-refractivity contribution in [2.45, 2.75) is 32.6 Å². The number of rotatable bonds is 9. The van der Waals surface area contributed by atoms with Crippen LogP contribution in [0.5, 0.6) is 5.75 Å². The summed E-state index contributed by atoms with van der Waals surface area (Å²) in [6.45, 7) is 7.47. The van der Waals surface area contributed by atoms with Crippen LogP contribution in [-0.4, -0.2) is 49.5 Å². The van der Waals surface area contributed by atoms with Gasteiger partial charge in [0.2, 0.25) is 0 Å². The van der Waals surface area contributed by atoms with Crippen LogP contribution in [0, 0.1) is 10.1 Å². The standard InChI is InChI=1S/C28H31N3O6/c1-28(2,3)21-7-5-19(6-8-21)24-15-20-11-12-30(27(32)23(20)17-29-24)22-9-10-26(25(16-22)31(33)34)37-18-36-14-13-35-4/h5-10,15-17H,11-14,18H2,1-4H3. The number of nitro groups is 1. The van der Waals surface area contributed by atoms with Crippen molar-refractivity contribution in [3.05, 3.63) is 81.5 Å². The van der Waals surface area contributed by atoms with Crippen LogP contribution in [0.2, 0.25) is 0 Å². The van der Waals surface area contributed by atoms with Crippen molar-refractivity contribution in [1.29, 1.82) is 0 Å². The Kier molecular flexibility index (Phi) is 7.85. The van der Waals surface area contributed by atoms with E-state index in [1.165, 1.54) is 22.6 Å². The Labute approximate surface area is 216 Å². The van der Waals surface area contributed by atoms with E-state index in [9.17, 15) is 14.9 Å². The smallest absolute Gasteiger partial charge is 0.313 e. The van der Waals surface area contributed by atoms with Crippen LogP contribution in [0.1, 0.15) is 42.3 Å². The fourth-order valence-corrected chi connectivity index (χ4v) is 4.17. The highest BCUT2D eigenvalue weighted by Gasteiger charge is 2.28. The topological polar surface area (TPSA) is 104 Å². The van der Waals surface area contributed by atoms with E-state index >= 15 is 0 Å². The first-order valence-corrected chi connectivity index (χ1v) is 12.1. The molecule has 9 heteroatoms. The molecule has 0 atom stereocenters. The van der Waals surface area contributed by atoms with E-state index in [0.717, 1.165) is 16.8 Å². The van der Waals surface area contributed by atoms with Crippen LogP contribution in [0.3, 0.4) is 0 Å². The first kappa shape index (κ1) is 26.2. The molecule has 3 aromatic rings. The number of carbonyl (C=O) groups is 1. The van der Waals surface area contributed by atoms with Crippen LogP contribution in [0.4, 0.5) is 11.4 Å². The van der Waals surface area contributed by atoms with Crippen molar-refractivity contribution in [3.8, 4) is 17.0 Å². The number of nitro benzene ring substituents is 1. The molecule has 1 aliphatic heterocycles. The average molecular weight is 506 g/mol. The van der Waals surface area contributed by atoms with Crippen molar-refractivity contribution < 1.29 is 23.9 Å². The number of anilines is 1. The molecule has 0 bridgehead atoms. The number of ether oxygens (including phenoxy) is 3. The molecule has 9 nitrogen and oxygen atoms in total. The van der Waals surface area contributed by atoms with Gasteiger partial charge in [-0.15, -0.1) is 0 Å². The lowest BCUT2D eigenvalue weighted by Crippen LogP contribution is -2.37. The second kappa shape index (κ2) is 11.1. The normalized spacial score (nSPS) is 13.4. The zero-order chi connectivity index (χ0) is 26.6. The highest BCUT2D eigenvalue weighted by molar-refractivity contribution is 6.08. The Morgan fingerprint density at radius 3 is 2.51 bits per heavy atom. The second-order valence-electron chi connectivity index (χ2n) is 9.83. The number of amides is 1. The van der Waals surface area contributed by atoms with Crippen molar-refractivity contribution >= 4 is 17.3 Å². The molecule has 2 aromatic carbocycles. The lowest BCUT2D eigenvalue weighted by molar-refractivity contribution is -0.386. The van der Waals surface area contributed by atoms with Crippen molar-refractivity contribution in [1.82, 2.24) is 4.98 Å². The maximum absolute atomic E-state index is 13.3. The van der Waals surface area contributed by atoms with E-state index in [-0.39, 0.29) is 29.6 Å². The van der Waals surface area contributed by atoms with Gasteiger partial charge < -0.3 is 19.1 Å². The molecule has 0 saturated heterocycles. The third-order valence-corrected chi connectivity index (χ3v) is 6.30. The molecule has 0 radical (unpaired) electrons. The second-order valence-corrected chi connectivity index (χ2v) is 9.83. The number of hydrogen-bond donors (Lipinski definition) is 0. The van der Waals surface area contributed by atoms with Gasteiger partial charge in [-0.1, -0.05) is 45.0 Å². The molecule has 0 spiro atoms. The molecule has 1 aliphatic rings. The van der Waals surface area contributed by atoms with Gasteiger partial charge in [0.25, 0.3) is 5.91 Å². The average Bonchev–Trinajstić information content (AvgIpc) is 2.88. The van der Waals surface area contributed by atoms with E-state index in [2.05, 4.69) is 50.0 Å². The number of benzene rings is 2. The largest absolute Gasteiger partial charge is 0.460 e. The zero-order valence-electron chi connectivity index (χ0n) is 21.5. The summed E-state index contributed by atoms with van der Waals surface area (Å²) in [5, 5.41) is 11.7. The van der Waals surface area contributed by atoms with Gasteiger partial charge in [-0.05, 0) is 41.2 Å². The number of methoxy groups -OCH3 is 1. The summed E-state index contributed by atoms with van der Waals surface area (Å²) in [6.07, 6.45) is 2.20. The van der Waals surface area contributed by atoms with Crippen LogP contribution in [0.15, 0.2) is 54.7 Å². The molecular formula is C28H31N3O6. The third-order valence-electron chi connectivity index (χ3n) is 6.30. The summed E-state index contributed by atoms with van der Waals surface area (Å²) < 4.78 is 15.5. The number of aromatic nitrogens is 1. The summed E-state index contributed by atoms with van der Waals surface area (Å²) in [5.74, 6) is -0.172. The minimum absolute atomic E-state index is 0.0644. The fourth-order valence-electron chi connectivity index (χ4n) is 4.17. The Morgan fingerprint density at radius 2 is 1.84 bits per heavy atom.